The lowest BCUT2D eigenvalue weighted by molar-refractivity contribution is -0.122. The number of carbonyl (C=O) groups excluding carboxylic acids is 4. The van der Waals surface area contributed by atoms with Gasteiger partial charge >= 0.3 is 0 Å². The molecule has 5 N–H and O–H groups in total. The van der Waals surface area contributed by atoms with Gasteiger partial charge in [0.15, 0.2) is 0 Å². The molecule has 15 heteroatoms. The van der Waals surface area contributed by atoms with Crippen LogP contribution in [0.5, 0.6) is 0 Å². The van der Waals surface area contributed by atoms with Gasteiger partial charge in [-0.1, -0.05) is 12.2 Å². The van der Waals surface area contributed by atoms with E-state index in [2.05, 4.69) is 27.0 Å². The maximum atomic E-state index is 12.4. The molecule has 0 spiro atoms. The zero-order chi connectivity index (χ0) is 29.5. The first-order chi connectivity index (χ1) is 19.1. The highest BCUT2D eigenvalue weighted by Crippen LogP contribution is 2.24. The zero-order valence-electron chi connectivity index (χ0n) is 22.6. The number of nitrogens with one attached hydrogen (secondary N) is 1. The lowest BCUT2D eigenvalue weighted by atomic mass is 9.91. The van der Waals surface area contributed by atoms with E-state index in [1.807, 2.05) is 37.8 Å². The summed E-state index contributed by atoms with van der Waals surface area (Å²) >= 11 is 4.70. The molecular formula is C25H38N10O4S. The molecule has 0 saturated carbocycles. The number of allylic oxidation sites excluding steroid dienone is 3. The molecule has 1 fully saturated rings. The normalized spacial score (nSPS) is 22.1. The van der Waals surface area contributed by atoms with Crippen molar-refractivity contribution in [3.63, 3.8) is 0 Å². The second kappa shape index (κ2) is 17.4. The van der Waals surface area contributed by atoms with Gasteiger partial charge in [0.05, 0.1) is 37.0 Å². The minimum atomic E-state index is -0.599. The van der Waals surface area contributed by atoms with E-state index in [-0.39, 0.29) is 38.1 Å². The number of thiocarbonyl (C=S) groups is 1. The summed E-state index contributed by atoms with van der Waals surface area (Å²) in [4.78, 5) is 63.4. The Balaban J connectivity index is 2.41. The van der Waals surface area contributed by atoms with Crippen LogP contribution in [0.3, 0.4) is 0 Å². The molecule has 2 aliphatic rings. The van der Waals surface area contributed by atoms with Crippen LogP contribution >= 0.6 is 12.2 Å². The van der Waals surface area contributed by atoms with Gasteiger partial charge in [-0.15, -0.1) is 5.11 Å². The first-order valence-electron chi connectivity index (χ1n) is 13.0. The number of isothiocyanates is 1. The summed E-state index contributed by atoms with van der Waals surface area (Å²) in [5.74, 6) is -1.86. The van der Waals surface area contributed by atoms with E-state index >= 15 is 0 Å². The van der Waals surface area contributed by atoms with E-state index in [4.69, 9.17) is 29.2 Å². The van der Waals surface area contributed by atoms with E-state index < -0.39 is 23.6 Å². The van der Waals surface area contributed by atoms with Crippen LogP contribution in [0.1, 0.15) is 12.8 Å². The molecule has 0 aromatic rings. The number of carbonyl (C=O) groups is 4. The van der Waals surface area contributed by atoms with E-state index in [1.165, 1.54) is 0 Å². The van der Waals surface area contributed by atoms with E-state index in [1.54, 1.807) is 0 Å². The fourth-order valence-electron chi connectivity index (χ4n) is 4.84. The van der Waals surface area contributed by atoms with Crippen molar-refractivity contribution in [3.05, 3.63) is 23.9 Å². The maximum Gasteiger partial charge on any atom is 0.277 e. The molecule has 1 heterocycles. The van der Waals surface area contributed by atoms with Gasteiger partial charge in [-0.25, -0.2) is 10.5 Å². The number of primary amides is 2. The van der Waals surface area contributed by atoms with Crippen molar-refractivity contribution in [2.24, 2.45) is 32.5 Å². The van der Waals surface area contributed by atoms with Crippen LogP contribution in [0.2, 0.25) is 0 Å². The van der Waals surface area contributed by atoms with Gasteiger partial charge in [-0.2, -0.15) is 4.99 Å². The summed E-state index contributed by atoms with van der Waals surface area (Å²) in [5, 5.41) is 5.42. The molecule has 0 bridgehead atoms. The molecule has 14 nitrogen and oxygen atoms in total. The summed E-state index contributed by atoms with van der Waals surface area (Å²) in [6, 6.07) is -0.220. The average Bonchev–Trinajstić information content (AvgIpc) is 2.91. The summed E-state index contributed by atoms with van der Waals surface area (Å²) in [5.41, 5.74) is 18.9. The van der Waals surface area contributed by atoms with Crippen molar-refractivity contribution in [1.29, 1.82) is 5.53 Å². The second-order valence-corrected chi connectivity index (χ2v) is 10.0. The lowest BCUT2D eigenvalue weighted by Gasteiger charge is -2.39. The monoisotopic (exact) mass is 574 g/mol. The first kappa shape index (κ1) is 32.9. The molecule has 4 amide bonds. The molecular weight excluding hydrogens is 536 g/mol. The van der Waals surface area contributed by atoms with Gasteiger partial charge in [0.25, 0.3) is 11.8 Å². The van der Waals surface area contributed by atoms with Crippen molar-refractivity contribution in [2.45, 2.75) is 18.9 Å². The number of aliphatic imine (C=N–C) groups is 2. The van der Waals surface area contributed by atoms with Crippen LogP contribution in [-0.2, 0) is 19.2 Å². The fourth-order valence-corrected chi connectivity index (χ4v) is 4.95. The third kappa shape index (κ3) is 12.2. The van der Waals surface area contributed by atoms with Crippen LogP contribution in [0.4, 0.5) is 0 Å². The minimum Gasteiger partial charge on any atom is -0.369 e. The highest BCUT2D eigenvalue weighted by molar-refractivity contribution is 7.78. The average molecular weight is 575 g/mol. The number of hydrogen-bond acceptors (Lipinski definition) is 11. The summed E-state index contributed by atoms with van der Waals surface area (Å²) in [7, 11) is 0. The number of amides is 4. The molecule has 1 aliphatic heterocycles. The van der Waals surface area contributed by atoms with Gasteiger partial charge in [0.1, 0.15) is 0 Å². The highest BCUT2D eigenvalue weighted by Gasteiger charge is 2.28. The van der Waals surface area contributed by atoms with Gasteiger partial charge in [-0.05, 0) is 43.8 Å². The van der Waals surface area contributed by atoms with Crippen LogP contribution in [0.15, 0.2) is 39.0 Å². The van der Waals surface area contributed by atoms with Crippen molar-refractivity contribution >= 4 is 47.7 Å². The molecule has 0 radical (unpaired) electrons. The highest BCUT2D eigenvalue weighted by atomic mass is 32.1. The van der Waals surface area contributed by atoms with Crippen molar-refractivity contribution in [3.8, 4) is 0 Å². The molecule has 2 unspecified atom stereocenters. The van der Waals surface area contributed by atoms with E-state index in [9.17, 15) is 19.2 Å². The first-order valence-corrected chi connectivity index (χ1v) is 13.4. The summed E-state index contributed by atoms with van der Waals surface area (Å²) < 4.78 is 0. The Morgan fingerprint density at radius 3 is 2.05 bits per heavy atom. The summed E-state index contributed by atoms with van der Waals surface area (Å²) in [6.07, 6.45) is 7.22. The SMILES string of the molecule is C=NC(=O)CN1CCN(CC(N)=O)CCN(CC(N)=O)CCN(CC(=O)N=N)CC1CC1C=CC(N=C=S)=CC1. The third-order valence-corrected chi connectivity index (χ3v) is 6.92. The van der Waals surface area contributed by atoms with Crippen LogP contribution in [-0.4, -0.2) is 133 Å². The lowest BCUT2D eigenvalue weighted by Crippen LogP contribution is -2.53. The minimum absolute atomic E-state index is 0.00368. The Morgan fingerprint density at radius 1 is 0.950 bits per heavy atom. The Bertz CT molecular complexity index is 1060. The second-order valence-electron chi connectivity index (χ2n) is 9.82. The molecule has 1 saturated heterocycles. The van der Waals surface area contributed by atoms with E-state index in [0.29, 0.717) is 58.7 Å². The van der Waals surface area contributed by atoms with Crippen LogP contribution in [0, 0.1) is 11.4 Å². The number of rotatable bonds is 11. The Morgan fingerprint density at radius 2 is 1.55 bits per heavy atom. The van der Waals surface area contributed by atoms with Crippen LogP contribution < -0.4 is 11.5 Å². The molecule has 1 aliphatic carbocycles. The fraction of sp³-hybridized carbons (Fsp3) is 0.600. The van der Waals surface area contributed by atoms with E-state index in [0.717, 1.165) is 5.70 Å². The molecule has 0 aromatic carbocycles. The predicted molar refractivity (Wildman–Crippen MR) is 153 cm³/mol. The van der Waals surface area contributed by atoms with Crippen LogP contribution in [0.25, 0.3) is 0 Å². The number of nitrogens with zero attached hydrogens (tertiary/aromatic N) is 7. The molecule has 40 heavy (non-hydrogen) atoms. The zero-order valence-corrected chi connectivity index (χ0v) is 23.4. The Labute approximate surface area is 239 Å². The predicted octanol–water partition coefficient (Wildman–Crippen LogP) is -0.715. The topological polar surface area (TPSA) is 194 Å². The number of hydrogen-bond donors (Lipinski definition) is 3. The van der Waals surface area contributed by atoms with Gasteiger partial charge in [0.2, 0.25) is 11.8 Å². The number of nitrogens with two attached hydrogens (primary N) is 2. The van der Waals surface area contributed by atoms with Crippen molar-refractivity contribution < 1.29 is 19.2 Å². The van der Waals surface area contributed by atoms with Gasteiger partial charge in [-0.3, -0.25) is 38.8 Å². The van der Waals surface area contributed by atoms with Crippen molar-refractivity contribution in [2.75, 3.05) is 72.0 Å². The molecule has 218 valence electrons. The molecule has 2 atom stereocenters. The van der Waals surface area contributed by atoms with Gasteiger partial charge < -0.3 is 11.5 Å². The van der Waals surface area contributed by atoms with Gasteiger partial charge in [0, 0.05) is 51.9 Å². The quantitative estimate of drug-likeness (QED) is 0.162. The smallest absolute Gasteiger partial charge is 0.277 e. The molecule has 0 aromatic heterocycles. The maximum absolute atomic E-state index is 12.4. The summed E-state index contributed by atoms with van der Waals surface area (Å²) in [6.45, 7) is 6.18. The molecule has 2 rings (SSSR count). The van der Waals surface area contributed by atoms with Crippen molar-refractivity contribution in [1.82, 2.24) is 19.6 Å². The Kier molecular flexibility index (Phi) is 14.3. The third-order valence-electron chi connectivity index (χ3n) is 6.83. The standard InChI is InChI=1S/C25H38N10O4S/c1-29-24(38)17-35-11-10-33(15-23(27)37)7-6-32(14-22(26)36)8-9-34(16-25(39)31-28)13-21(35)12-19-2-4-20(5-3-19)30-18-40/h2,4-5,19,21,28H,1,3,6-17H2,(H2,26,36)(H2,27,37). The largest absolute Gasteiger partial charge is 0.369 e. The Hall–Kier alpha value is -3.33.